The largest absolute Gasteiger partial charge is 0.455 e. The Kier molecular flexibility index (Phi) is 12.8. The van der Waals surface area contributed by atoms with E-state index < -0.39 is 48.3 Å². The molecule has 4 unspecified atom stereocenters. The van der Waals surface area contributed by atoms with E-state index >= 15 is 0 Å². The number of hydrogen-bond donors (Lipinski definition) is 0. The van der Waals surface area contributed by atoms with E-state index in [0.29, 0.717) is 0 Å². The van der Waals surface area contributed by atoms with Gasteiger partial charge in [-0.25, -0.2) is 19.2 Å². The predicted octanol–water partition coefficient (Wildman–Crippen LogP) is 7.11. The summed E-state index contributed by atoms with van der Waals surface area (Å²) in [4.78, 5) is 59.6. The van der Waals surface area contributed by atoms with Crippen LogP contribution in [0.5, 0.6) is 0 Å². The maximum Gasteiger partial charge on any atom is 0.338 e. The highest BCUT2D eigenvalue weighted by Gasteiger charge is 2.43. The summed E-state index contributed by atoms with van der Waals surface area (Å²) in [6, 6.07) is 41.8. The summed E-state index contributed by atoms with van der Waals surface area (Å²) < 4.78 is 23.7. The van der Waals surface area contributed by atoms with E-state index in [4.69, 9.17) is 23.8 Å². The second-order valence-electron chi connectivity index (χ2n) is 11.2. The second kappa shape index (κ2) is 18.3. The van der Waals surface area contributed by atoms with Crippen molar-refractivity contribution in [2.24, 2.45) is 5.16 Å². The zero-order chi connectivity index (χ0) is 35.8. The monoisotopic (exact) mass is 685 g/mol. The molecule has 5 aromatic rings. The number of esters is 4. The minimum absolute atomic E-state index is 0.0721. The Hall–Kier alpha value is -6.55. The SMILES string of the molecule is CC(OC(=O)c1ccccc1)C(OC(=O)c1ccccc1)C(OC(=O)c1ccccc1)C(/C=N/OCc1ccccc1)OC(=O)c1ccccc1. The summed E-state index contributed by atoms with van der Waals surface area (Å²) in [6.45, 7) is 1.55. The highest BCUT2D eigenvalue weighted by Crippen LogP contribution is 2.23. The maximum atomic E-state index is 13.7. The standard InChI is InChI=1S/C41H35NO9/c1-29(48-38(43)31-19-9-3-10-20-31)36(50-40(45)33-23-13-5-14-24-33)37(51-41(46)34-25-15-6-16-26-34)35(49-39(44)32-21-11-4-12-22-32)27-42-47-28-30-17-7-2-8-18-30/h2-27,29,35-37H,28H2,1H3/b42-27+. The molecule has 0 aromatic heterocycles. The van der Waals surface area contributed by atoms with Gasteiger partial charge in [-0.3, -0.25) is 0 Å². The Morgan fingerprint density at radius 2 is 0.843 bits per heavy atom. The van der Waals surface area contributed by atoms with E-state index in [1.165, 1.54) is 31.2 Å². The van der Waals surface area contributed by atoms with E-state index in [-0.39, 0.29) is 28.9 Å². The molecule has 4 atom stereocenters. The molecule has 258 valence electrons. The Morgan fingerprint density at radius 1 is 0.490 bits per heavy atom. The van der Waals surface area contributed by atoms with Crippen LogP contribution in [0.2, 0.25) is 0 Å². The van der Waals surface area contributed by atoms with Crippen LogP contribution in [0.1, 0.15) is 53.9 Å². The van der Waals surface area contributed by atoms with Gasteiger partial charge in [0.05, 0.1) is 28.5 Å². The van der Waals surface area contributed by atoms with Crippen LogP contribution in [-0.2, 0) is 30.4 Å². The second-order valence-corrected chi connectivity index (χ2v) is 11.2. The van der Waals surface area contributed by atoms with Gasteiger partial charge in [0.15, 0.2) is 18.3 Å². The van der Waals surface area contributed by atoms with Crippen LogP contribution >= 0.6 is 0 Å². The van der Waals surface area contributed by atoms with Crippen molar-refractivity contribution in [3.8, 4) is 0 Å². The topological polar surface area (TPSA) is 127 Å². The third kappa shape index (κ3) is 10.5. The fourth-order valence-electron chi connectivity index (χ4n) is 4.90. The minimum atomic E-state index is -1.61. The average molecular weight is 686 g/mol. The molecule has 51 heavy (non-hydrogen) atoms. The quantitative estimate of drug-likeness (QED) is 0.0490. The minimum Gasteiger partial charge on any atom is -0.455 e. The normalized spacial score (nSPS) is 13.2. The lowest BCUT2D eigenvalue weighted by Crippen LogP contribution is -2.51. The summed E-state index contributed by atoms with van der Waals surface area (Å²) in [5.74, 6) is -3.16. The summed E-state index contributed by atoms with van der Waals surface area (Å²) in [5.41, 5.74) is 1.58. The molecule has 10 nitrogen and oxygen atoms in total. The van der Waals surface area contributed by atoms with Crippen molar-refractivity contribution in [3.05, 3.63) is 179 Å². The number of nitrogens with zero attached hydrogens (tertiary/aromatic N) is 1. The smallest absolute Gasteiger partial charge is 0.338 e. The Bertz CT molecular complexity index is 1890. The highest BCUT2D eigenvalue weighted by molar-refractivity contribution is 5.92. The lowest BCUT2D eigenvalue weighted by Gasteiger charge is -2.33. The zero-order valence-corrected chi connectivity index (χ0v) is 27.6. The van der Waals surface area contributed by atoms with Crippen LogP contribution in [0, 0.1) is 0 Å². The molecule has 10 heteroatoms. The Balaban J connectivity index is 1.55. The van der Waals surface area contributed by atoms with E-state index in [2.05, 4.69) is 5.16 Å². The molecule has 0 heterocycles. The Labute approximate surface area is 295 Å². The molecule has 5 rings (SSSR count). The van der Waals surface area contributed by atoms with Crippen LogP contribution in [0.15, 0.2) is 157 Å². The number of rotatable bonds is 15. The molecule has 0 aliphatic rings. The number of ether oxygens (including phenoxy) is 4. The van der Waals surface area contributed by atoms with Crippen LogP contribution < -0.4 is 0 Å². The van der Waals surface area contributed by atoms with Gasteiger partial charge in [0.25, 0.3) is 0 Å². The van der Waals surface area contributed by atoms with Gasteiger partial charge in [0.1, 0.15) is 12.7 Å². The molecule has 0 spiro atoms. The fraction of sp³-hybridized carbons (Fsp3) is 0.146. The first-order valence-electron chi connectivity index (χ1n) is 16.1. The van der Waals surface area contributed by atoms with Crippen molar-refractivity contribution in [3.63, 3.8) is 0 Å². The van der Waals surface area contributed by atoms with E-state index in [1.54, 1.807) is 97.1 Å². The maximum absolute atomic E-state index is 13.7. The van der Waals surface area contributed by atoms with Gasteiger partial charge in [-0.05, 0) is 61.0 Å². The molecule has 0 saturated heterocycles. The van der Waals surface area contributed by atoms with Crippen LogP contribution in [0.25, 0.3) is 0 Å². The van der Waals surface area contributed by atoms with Crippen molar-refractivity contribution < 1.29 is 43.0 Å². The highest BCUT2D eigenvalue weighted by atomic mass is 16.6. The number of carbonyl (C=O) groups excluding carboxylic acids is 4. The molecule has 0 radical (unpaired) electrons. The van der Waals surface area contributed by atoms with E-state index in [0.717, 1.165) is 11.8 Å². The third-order valence-electron chi connectivity index (χ3n) is 7.53. The molecule has 0 fully saturated rings. The van der Waals surface area contributed by atoms with Crippen LogP contribution in [0.3, 0.4) is 0 Å². The van der Waals surface area contributed by atoms with Gasteiger partial charge in [0, 0.05) is 0 Å². The Morgan fingerprint density at radius 3 is 1.27 bits per heavy atom. The van der Waals surface area contributed by atoms with E-state index in [1.807, 2.05) is 30.3 Å². The first kappa shape index (κ1) is 35.7. The molecule has 0 amide bonds. The molecule has 0 bridgehead atoms. The van der Waals surface area contributed by atoms with Gasteiger partial charge in [-0.1, -0.05) is 108 Å². The van der Waals surface area contributed by atoms with E-state index in [9.17, 15) is 19.2 Å². The molecule has 0 aliphatic heterocycles. The number of hydrogen-bond acceptors (Lipinski definition) is 10. The molecule has 0 saturated carbocycles. The average Bonchev–Trinajstić information content (AvgIpc) is 3.18. The van der Waals surface area contributed by atoms with Gasteiger partial charge >= 0.3 is 23.9 Å². The zero-order valence-electron chi connectivity index (χ0n) is 27.6. The van der Waals surface area contributed by atoms with Gasteiger partial charge in [0.2, 0.25) is 0 Å². The fourth-order valence-corrected chi connectivity index (χ4v) is 4.90. The van der Waals surface area contributed by atoms with Crippen LogP contribution in [0.4, 0.5) is 0 Å². The summed E-state index contributed by atoms with van der Waals surface area (Å²) in [7, 11) is 0. The van der Waals surface area contributed by atoms with Crippen molar-refractivity contribution in [2.75, 3.05) is 0 Å². The lowest BCUT2D eigenvalue weighted by molar-refractivity contribution is -0.106. The summed E-state index contributed by atoms with van der Waals surface area (Å²) in [5, 5.41) is 4.06. The first-order chi connectivity index (χ1) is 24.9. The molecule has 5 aromatic carbocycles. The first-order valence-corrected chi connectivity index (χ1v) is 16.1. The molecule has 0 aliphatic carbocycles. The molecular formula is C41H35NO9. The summed E-state index contributed by atoms with van der Waals surface area (Å²) >= 11 is 0. The summed E-state index contributed by atoms with van der Waals surface area (Å²) in [6.07, 6.45) is -4.78. The number of carbonyl (C=O) groups is 4. The van der Waals surface area contributed by atoms with Crippen molar-refractivity contribution in [1.29, 1.82) is 0 Å². The van der Waals surface area contributed by atoms with Gasteiger partial charge in [-0.15, -0.1) is 0 Å². The molecule has 0 N–H and O–H groups in total. The van der Waals surface area contributed by atoms with Crippen molar-refractivity contribution in [2.45, 2.75) is 37.9 Å². The number of oxime groups is 1. The predicted molar refractivity (Wildman–Crippen MR) is 188 cm³/mol. The number of benzene rings is 5. The van der Waals surface area contributed by atoms with Crippen LogP contribution in [-0.4, -0.2) is 54.5 Å². The van der Waals surface area contributed by atoms with Crippen molar-refractivity contribution in [1.82, 2.24) is 0 Å². The van der Waals surface area contributed by atoms with Crippen molar-refractivity contribution >= 4 is 30.1 Å². The molecular weight excluding hydrogens is 650 g/mol. The van der Waals surface area contributed by atoms with Gasteiger partial charge < -0.3 is 23.8 Å². The van der Waals surface area contributed by atoms with Gasteiger partial charge in [-0.2, -0.15) is 0 Å². The lowest BCUT2D eigenvalue weighted by atomic mass is 10.0. The third-order valence-corrected chi connectivity index (χ3v) is 7.53.